The average Bonchev–Trinajstić information content (AvgIpc) is 3.24. The highest BCUT2D eigenvalue weighted by atomic mass is 16.2. The molecule has 0 aromatic carbocycles. The first-order chi connectivity index (χ1) is 11.7. The summed E-state index contributed by atoms with van der Waals surface area (Å²) in [5.41, 5.74) is 0.223. The molecule has 1 N–H and O–H groups in total. The predicted octanol–water partition coefficient (Wildman–Crippen LogP) is 2.30. The van der Waals surface area contributed by atoms with E-state index in [2.05, 4.69) is 10.2 Å². The fraction of sp³-hybridized carbons (Fsp3) is 0.895. The van der Waals surface area contributed by atoms with Crippen LogP contribution >= 0.6 is 0 Å². The molecular weight excluding hydrogens is 302 g/mol. The van der Waals surface area contributed by atoms with Crippen LogP contribution in [-0.4, -0.2) is 59.9 Å². The number of nitrogens with zero attached hydrogens (tertiary/aromatic N) is 2. The van der Waals surface area contributed by atoms with E-state index in [-0.39, 0.29) is 17.4 Å². The quantitative estimate of drug-likeness (QED) is 0.777. The number of hydrogen-bond acceptors (Lipinski definition) is 3. The second kappa shape index (κ2) is 8.32. The van der Waals surface area contributed by atoms with E-state index in [1.807, 2.05) is 4.90 Å². The molecule has 2 aliphatic heterocycles. The van der Waals surface area contributed by atoms with Crippen molar-refractivity contribution in [2.45, 2.75) is 76.2 Å². The van der Waals surface area contributed by atoms with Crippen LogP contribution in [0.5, 0.6) is 0 Å². The van der Waals surface area contributed by atoms with Crippen LogP contribution in [0, 0.1) is 0 Å². The first kappa shape index (κ1) is 17.7. The molecule has 136 valence electrons. The second-order valence-corrected chi connectivity index (χ2v) is 7.84. The minimum atomic E-state index is 0.157. The Morgan fingerprint density at radius 1 is 1.00 bits per heavy atom. The van der Waals surface area contributed by atoms with Gasteiger partial charge < -0.3 is 10.2 Å². The molecule has 5 nitrogen and oxygen atoms in total. The smallest absolute Gasteiger partial charge is 0.222 e. The Balaban J connectivity index is 1.41. The van der Waals surface area contributed by atoms with Gasteiger partial charge in [-0.1, -0.05) is 19.3 Å². The molecule has 0 spiro atoms. The van der Waals surface area contributed by atoms with Gasteiger partial charge in [-0.05, 0) is 51.6 Å². The van der Waals surface area contributed by atoms with E-state index in [0.29, 0.717) is 12.8 Å². The van der Waals surface area contributed by atoms with Crippen molar-refractivity contribution < 1.29 is 9.59 Å². The molecule has 0 unspecified atom stereocenters. The number of nitrogens with one attached hydrogen (secondary N) is 1. The summed E-state index contributed by atoms with van der Waals surface area (Å²) < 4.78 is 0. The van der Waals surface area contributed by atoms with Crippen molar-refractivity contribution in [1.29, 1.82) is 0 Å². The standard InChI is InChI=1S/C19H33N3O2/c23-17(8-6-12-21-13-7-9-18(21)24)20-16-19(10-2-3-11-19)22-14-4-1-5-15-22/h1-16H2,(H,20,23). The third kappa shape index (κ3) is 4.29. The molecule has 0 aromatic rings. The second-order valence-electron chi connectivity index (χ2n) is 7.84. The highest BCUT2D eigenvalue weighted by Crippen LogP contribution is 2.36. The molecule has 0 aromatic heterocycles. The predicted molar refractivity (Wildman–Crippen MR) is 94.7 cm³/mol. The summed E-state index contributed by atoms with van der Waals surface area (Å²) in [4.78, 5) is 28.4. The van der Waals surface area contributed by atoms with Crippen LogP contribution in [0.3, 0.4) is 0 Å². The Bertz CT molecular complexity index is 440. The third-order valence-corrected chi connectivity index (χ3v) is 6.18. The van der Waals surface area contributed by atoms with E-state index in [1.165, 1.54) is 58.0 Å². The van der Waals surface area contributed by atoms with Crippen LogP contribution in [0.15, 0.2) is 0 Å². The lowest BCUT2D eigenvalue weighted by Crippen LogP contribution is -2.55. The van der Waals surface area contributed by atoms with Gasteiger partial charge >= 0.3 is 0 Å². The van der Waals surface area contributed by atoms with E-state index in [4.69, 9.17) is 0 Å². The van der Waals surface area contributed by atoms with E-state index in [9.17, 15) is 9.59 Å². The lowest BCUT2D eigenvalue weighted by molar-refractivity contribution is -0.128. The molecule has 2 amide bonds. The summed E-state index contributed by atoms with van der Waals surface area (Å²) in [7, 11) is 0. The fourth-order valence-corrected chi connectivity index (χ4v) is 4.73. The van der Waals surface area contributed by atoms with E-state index in [1.54, 1.807) is 0 Å². The Labute approximate surface area is 146 Å². The summed E-state index contributed by atoms with van der Waals surface area (Å²) in [5.74, 6) is 0.412. The van der Waals surface area contributed by atoms with Crippen LogP contribution in [0.1, 0.15) is 70.6 Å². The van der Waals surface area contributed by atoms with Gasteiger partial charge in [0.1, 0.15) is 0 Å². The average molecular weight is 335 g/mol. The van der Waals surface area contributed by atoms with Crippen LogP contribution in [0.25, 0.3) is 0 Å². The molecule has 1 aliphatic carbocycles. The summed E-state index contributed by atoms with van der Waals surface area (Å²) >= 11 is 0. The number of carbonyl (C=O) groups is 2. The molecule has 3 fully saturated rings. The zero-order chi connectivity index (χ0) is 16.8. The number of hydrogen-bond donors (Lipinski definition) is 1. The van der Waals surface area contributed by atoms with Gasteiger partial charge in [0.25, 0.3) is 0 Å². The summed E-state index contributed by atoms with van der Waals surface area (Å²) in [6.45, 7) is 4.83. The molecule has 5 heteroatoms. The Morgan fingerprint density at radius 2 is 1.75 bits per heavy atom. The number of amides is 2. The van der Waals surface area contributed by atoms with Gasteiger partial charge in [-0.3, -0.25) is 14.5 Å². The van der Waals surface area contributed by atoms with Crippen molar-refractivity contribution in [3.05, 3.63) is 0 Å². The van der Waals surface area contributed by atoms with Gasteiger partial charge in [0, 0.05) is 38.0 Å². The molecule has 0 bridgehead atoms. The molecule has 24 heavy (non-hydrogen) atoms. The molecule has 1 saturated carbocycles. The van der Waals surface area contributed by atoms with Crippen molar-refractivity contribution in [2.24, 2.45) is 0 Å². The lowest BCUT2D eigenvalue weighted by atomic mass is 9.92. The van der Waals surface area contributed by atoms with Gasteiger partial charge in [-0.25, -0.2) is 0 Å². The number of piperidine rings is 1. The molecule has 0 atom stereocenters. The van der Waals surface area contributed by atoms with E-state index >= 15 is 0 Å². The zero-order valence-corrected chi connectivity index (χ0v) is 15.0. The van der Waals surface area contributed by atoms with Crippen molar-refractivity contribution in [1.82, 2.24) is 15.1 Å². The molecule has 3 rings (SSSR count). The zero-order valence-electron chi connectivity index (χ0n) is 15.0. The topological polar surface area (TPSA) is 52.7 Å². The van der Waals surface area contributed by atoms with Crippen LogP contribution in [0.2, 0.25) is 0 Å². The monoisotopic (exact) mass is 335 g/mol. The molecular formula is C19H33N3O2. The summed E-state index contributed by atoms with van der Waals surface area (Å²) in [6, 6.07) is 0. The number of likely N-dealkylation sites (tertiary alicyclic amines) is 2. The van der Waals surface area contributed by atoms with E-state index in [0.717, 1.165) is 32.5 Å². The molecule has 2 heterocycles. The maximum Gasteiger partial charge on any atom is 0.222 e. The number of carbonyl (C=O) groups excluding carboxylic acids is 2. The Kier molecular flexibility index (Phi) is 6.14. The summed E-state index contributed by atoms with van der Waals surface area (Å²) in [5, 5.41) is 3.22. The number of rotatable bonds is 7. The lowest BCUT2D eigenvalue weighted by Gasteiger charge is -2.43. The summed E-state index contributed by atoms with van der Waals surface area (Å²) in [6.07, 6.45) is 12.0. The minimum absolute atomic E-state index is 0.157. The van der Waals surface area contributed by atoms with Gasteiger partial charge in [-0.15, -0.1) is 0 Å². The highest BCUT2D eigenvalue weighted by molar-refractivity contribution is 5.78. The van der Waals surface area contributed by atoms with Gasteiger partial charge in [0.05, 0.1) is 0 Å². The van der Waals surface area contributed by atoms with E-state index < -0.39 is 0 Å². The van der Waals surface area contributed by atoms with Crippen molar-refractivity contribution in [3.63, 3.8) is 0 Å². The Hall–Kier alpha value is -1.10. The van der Waals surface area contributed by atoms with Gasteiger partial charge in [0.2, 0.25) is 11.8 Å². The first-order valence-corrected chi connectivity index (χ1v) is 9.99. The van der Waals surface area contributed by atoms with Crippen LogP contribution in [0.4, 0.5) is 0 Å². The maximum absolute atomic E-state index is 12.2. The van der Waals surface area contributed by atoms with Crippen molar-refractivity contribution in [3.8, 4) is 0 Å². The minimum Gasteiger partial charge on any atom is -0.354 e. The Morgan fingerprint density at radius 3 is 2.42 bits per heavy atom. The van der Waals surface area contributed by atoms with Crippen LogP contribution < -0.4 is 5.32 Å². The van der Waals surface area contributed by atoms with Crippen LogP contribution in [-0.2, 0) is 9.59 Å². The SMILES string of the molecule is O=C(CCCN1CCCC1=O)NCC1(N2CCCCC2)CCCC1. The van der Waals surface area contributed by atoms with Crippen molar-refractivity contribution in [2.75, 3.05) is 32.7 Å². The molecule has 0 radical (unpaired) electrons. The van der Waals surface area contributed by atoms with Gasteiger partial charge in [-0.2, -0.15) is 0 Å². The van der Waals surface area contributed by atoms with Crippen molar-refractivity contribution >= 4 is 11.8 Å². The highest BCUT2D eigenvalue weighted by Gasteiger charge is 2.39. The maximum atomic E-state index is 12.2. The third-order valence-electron chi connectivity index (χ3n) is 6.18. The first-order valence-electron chi connectivity index (χ1n) is 9.99. The normalized spacial score (nSPS) is 24.5. The molecule has 2 saturated heterocycles. The van der Waals surface area contributed by atoms with Gasteiger partial charge in [0.15, 0.2) is 0 Å². The fourth-order valence-electron chi connectivity index (χ4n) is 4.73. The molecule has 3 aliphatic rings. The largest absolute Gasteiger partial charge is 0.354 e.